The smallest absolute Gasteiger partial charge is 0.0431 e. The number of rotatable bonds is 6. The van der Waals surface area contributed by atoms with Gasteiger partial charge in [0.1, 0.15) is 0 Å². The summed E-state index contributed by atoms with van der Waals surface area (Å²) in [5.41, 5.74) is 0. The lowest BCUT2D eigenvalue weighted by molar-refractivity contribution is 0.285. The second kappa shape index (κ2) is 8.70. The van der Waals surface area contributed by atoms with Crippen molar-refractivity contribution in [3.63, 3.8) is 0 Å². The zero-order chi connectivity index (χ0) is 7.66. The van der Waals surface area contributed by atoms with E-state index in [9.17, 15) is 0 Å². The highest BCUT2D eigenvalue weighted by atomic mass is 16.2. The summed E-state index contributed by atoms with van der Waals surface area (Å²) in [6, 6.07) is 0. The molecule has 1 nitrogen and oxygen atoms in total. The standard InChI is InChI=1S/C9H18O/c1-2-3-4-5-6-7-8-9-10/h4-5,10H,2-3,6-9H2,1H3/b5-4-. The Morgan fingerprint density at radius 3 is 2.40 bits per heavy atom. The molecule has 0 unspecified atom stereocenters. The molecule has 0 aliphatic carbocycles. The average molecular weight is 142 g/mol. The third kappa shape index (κ3) is 7.70. The lowest BCUT2D eigenvalue weighted by Crippen LogP contribution is -1.80. The van der Waals surface area contributed by atoms with Gasteiger partial charge in [-0.1, -0.05) is 25.5 Å². The van der Waals surface area contributed by atoms with E-state index in [0.29, 0.717) is 6.61 Å². The quantitative estimate of drug-likeness (QED) is 0.446. The lowest BCUT2D eigenvalue weighted by Gasteiger charge is -1.90. The van der Waals surface area contributed by atoms with Gasteiger partial charge in [-0.25, -0.2) is 0 Å². The van der Waals surface area contributed by atoms with Gasteiger partial charge in [0.05, 0.1) is 0 Å². The van der Waals surface area contributed by atoms with Crippen molar-refractivity contribution < 1.29 is 5.11 Å². The van der Waals surface area contributed by atoms with E-state index in [1.54, 1.807) is 0 Å². The van der Waals surface area contributed by atoms with Crippen molar-refractivity contribution >= 4 is 0 Å². The minimum absolute atomic E-state index is 0.335. The zero-order valence-electron chi connectivity index (χ0n) is 6.84. The maximum atomic E-state index is 8.44. The summed E-state index contributed by atoms with van der Waals surface area (Å²) in [4.78, 5) is 0. The van der Waals surface area contributed by atoms with Crippen molar-refractivity contribution in [3.05, 3.63) is 12.2 Å². The van der Waals surface area contributed by atoms with Crippen LogP contribution >= 0.6 is 0 Å². The zero-order valence-corrected chi connectivity index (χ0v) is 6.84. The Balaban J connectivity index is 2.88. The van der Waals surface area contributed by atoms with E-state index >= 15 is 0 Å². The molecule has 0 saturated carbocycles. The first-order valence-electron chi connectivity index (χ1n) is 4.17. The first kappa shape index (κ1) is 9.70. The molecular weight excluding hydrogens is 124 g/mol. The largest absolute Gasteiger partial charge is 0.396 e. The summed E-state index contributed by atoms with van der Waals surface area (Å²) in [5.74, 6) is 0. The van der Waals surface area contributed by atoms with Crippen LogP contribution in [0.1, 0.15) is 39.0 Å². The Labute approximate surface area is 63.8 Å². The molecule has 1 heteroatoms. The van der Waals surface area contributed by atoms with Gasteiger partial charge in [0.25, 0.3) is 0 Å². The first-order chi connectivity index (χ1) is 4.91. The van der Waals surface area contributed by atoms with E-state index in [4.69, 9.17) is 5.11 Å². The van der Waals surface area contributed by atoms with Gasteiger partial charge in [-0.15, -0.1) is 0 Å². The summed E-state index contributed by atoms with van der Waals surface area (Å²) < 4.78 is 0. The number of aliphatic hydroxyl groups is 1. The summed E-state index contributed by atoms with van der Waals surface area (Å²) >= 11 is 0. The predicted molar refractivity (Wildman–Crippen MR) is 45.0 cm³/mol. The summed E-state index contributed by atoms with van der Waals surface area (Å²) in [6.07, 6.45) is 10.0. The van der Waals surface area contributed by atoms with Crippen LogP contribution in [0.5, 0.6) is 0 Å². The number of allylic oxidation sites excluding steroid dienone is 2. The van der Waals surface area contributed by atoms with Crippen molar-refractivity contribution in [2.45, 2.75) is 39.0 Å². The molecule has 0 aromatic carbocycles. The Bertz CT molecular complexity index is 76.8. The number of unbranched alkanes of at least 4 members (excludes halogenated alkanes) is 3. The number of hydrogen-bond acceptors (Lipinski definition) is 1. The van der Waals surface area contributed by atoms with E-state index in [1.807, 2.05) is 0 Å². The number of hydrogen-bond donors (Lipinski definition) is 1. The van der Waals surface area contributed by atoms with Crippen molar-refractivity contribution in [2.24, 2.45) is 0 Å². The van der Waals surface area contributed by atoms with Crippen LogP contribution < -0.4 is 0 Å². The molecule has 0 aliphatic heterocycles. The van der Waals surface area contributed by atoms with Crippen molar-refractivity contribution in [3.8, 4) is 0 Å². The highest BCUT2D eigenvalue weighted by molar-refractivity contribution is 4.80. The van der Waals surface area contributed by atoms with Gasteiger partial charge < -0.3 is 5.11 Å². The van der Waals surface area contributed by atoms with E-state index in [2.05, 4.69) is 19.1 Å². The summed E-state index contributed by atoms with van der Waals surface area (Å²) in [5, 5.41) is 8.44. The van der Waals surface area contributed by atoms with Crippen molar-refractivity contribution in [2.75, 3.05) is 6.61 Å². The monoisotopic (exact) mass is 142 g/mol. The third-order valence-corrected chi connectivity index (χ3v) is 1.40. The molecule has 0 radical (unpaired) electrons. The molecule has 0 fully saturated rings. The van der Waals surface area contributed by atoms with Crippen LogP contribution in [0.15, 0.2) is 12.2 Å². The minimum Gasteiger partial charge on any atom is -0.396 e. The van der Waals surface area contributed by atoms with Crippen LogP contribution in [-0.4, -0.2) is 11.7 Å². The lowest BCUT2D eigenvalue weighted by atomic mass is 10.2. The average Bonchev–Trinajstić information content (AvgIpc) is 1.97. The van der Waals surface area contributed by atoms with Gasteiger partial charge in [0.2, 0.25) is 0 Å². The molecule has 1 N–H and O–H groups in total. The molecular formula is C9H18O. The van der Waals surface area contributed by atoms with Gasteiger partial charge in [0.15, 0.2) is 0 Å². The van der Waals surface area contributed by atoms with Crippen LogP contribution in [0.4, 0.5) is 0 Å². The fraction of sp³-hybridized carbons (Fsp3) is 0.778. The van der Waals surface area contributed by atoms with E-state index in [-0.39, 0.29) is 0 Å². The Morgan fingerprint density at radius 2 is 1.80 bits per heavy atom. The Morgan fingerprint density at radius 1 is 1.10 bits per heavy atom. The van der Waals surface area contributed by atoms with Crippen LogP contribution in [0, 0.1) is 0 Å². The van der Waals surface area contributed by atoms with Gasteiger partial charge in [0, 0.05) is 6.61 Å². The van der Waals surface area contributed by atoms with Crippen molar-refractivity contribution in [1.82, 2.24) is 0 Å². The molecule has 10 heavy (non-hydrogen) atoms. The molecule has 0 rings (SSSR count). The van der Waals surface area contributed by atoms with E-state index in [0.717, 1.165) is 19.3 Å². The molecule has 60 valence electrons. The molecule has 0 spiro atoms. The third-order valence-electron chi connectivity index (χ3n) is 1.40. The number of aliphatic hydroxyl groups excluding tert-OH is 1. The van der Waals surface area contributed by atoms with Gasteiger partial charge in [-0.05, 0) is 25.7 Å². The highest BCUT2D eigenvalue weighted by Crippen LogP contribution is 1.97. The predicted octanol–water partition coefficient (Wildman–Crippen LogP) is 2.51. The van der Waals surface area contributed by atoms with E-state index in [1.165, 1.54) is 12.8 Å². The van der Waals surface area contributed by atoms with Crippen LogP contribution in [0.25, 0.3) is 0 Å². The van der Waals surface area contributed by atoms with Gasteiger partial charge >= 0.3 is 0 Å². The Hall–Kier alpha value is -0.300. The molecule has 0 bridgehead atoms. The summed E-state index contributed by atoms with van der Waals surface area (Å²) in [7, 11) is 0. The SMILES string of the molecule is CCC/C=C\CCCCO. The fourth-order valence-electron chi connectivity index (χ4n) is 0.776. The maximum Gasteiger partial charge on any atom is 0.0431 e. The Kier molecular flexibility index (Phi) is 8.44. The molecule has 0 atom stereocenters. The topological polar surface area (TPSA) is 20.2 Å². The molecule has 0 amide bonds. The second-order valence-electron chi connectivity index (χ2n) is 2.48. The van der Waals surface area contributed by atoms with Crippen LogP contribution in [0.2, 0.25) is 0 Å². The fourth-order valence-corrected chi connectivity index (χ4v) is 0.776. The van der Waals surface area contributed by atoms with Gasteiger partial charge in [-0.3, -0.25) is 0 Å². The maximum absolute atomic E-state index is 8.44. The molecule has 0 heterocycles. The second-order valence-corrected chi connectivity index (χ2v) is 2.48. The normalized spacial score (nSPS) is 11.0. The molecule has 0 saturated heterocycles. The summed E-state index contributed by atoms with van der Waals surface area (Å²) in [6.45, 7) is 2.51. The first-order valence-corrected chi connectivity index (χ1v) is 4.17. The van der Waals surface area contributed by atoms with Gasteiger partial charge in [-0.2, -0.15) is 0 Å². The van der Waals surface area contributed by atoms with Crippen molar-refractivity contribution in [1.29, 1.82) is 0 Å². The highest BCUT2D eigenvalue weighted by Gasteiger charge is 1.81. The molecule has 0 aromatic heterocycles. The van der Waals surface area contributed by atoms with Crippen LogP contribution in [0.3, 0.4) is 0 Å². The van der Waals surface area contributed by atoms with Crippen LogP contribution in [-0.2, 0) is 0 Å². The van der Waals surface area contributed by atoms with E-state index < -0.39 is 0 Å². The minimum atomic E-state index is 0.335. The molecule has 0 aromatic rings. The molecule has 0 aliphatic rings.